The maximum Gasteiger partial charge on any atom is 0.286 e. The lowest BCUT2D eigenvalue weighted by molar-refractivity contribution is 0.0934. The largest absolute Gasteiger partial charge is 0.455 e. The van der Waals surface area contributed by atoms with Gasteiger partial charge in [0.2, 0.25) is 0 Å². The Morgan fingerprint density at radius 3 is 3.13 bits per heavy atom. The molecule has 124 valence electrons. The maximum absolute atomic E-state index is 11.5. The van der Waals surface area contributed by atoms with Crippen LogP contribution in [0.2, 0.25) is 0 Å². The summed E-state index contributed by atoms with van der Waals surface area (Å²) in [6.07, 6.45) is 2.33. The van der Waals surface area contributed by atoms with Crippen molar-refractivity contribution in [2.45, 2.75) is 29.7 Å². The standard InChI is InChI=1S/C15H21N5O2S/c1-16-14(21)12-6-5-11(22-12)9-23-15-19-18-13(20(15)2)10-4-3-7-17-8-10/h5-6,10,17H,3-4,7-9H2,1-2H3,(H,16,21). The van der Waals surface area contributed by atoms with Gasteiger partial charge < -0.3 is 19.6 Å². The van der Waals surface area contributed by atoms with Crippen molar-refractivity contribution >= 4 is 17.7 Å². The van der Waals surface area contributed by atoms with Crippen LogP contribution in [0.15, 0.2) is 21.7 Å². The molecule has 0 spiro atoms. The number of furan rings is 1. The molecule has 1 atom stereocenters. The summed E-state index contributed by atoms with van der Waals surface area (Å²) in [5.74, 6) is 2.94. The van der Waals surface area contributed by atoms with Gasteiger partial charge in [0.1, 0.15) is 11.6 Å². The first-order valence-electron chi connectivity index (χ1n) is 7.72. The summed E-state index contributed by atoms with van der Waals surface area (Å²) >= 11 is 1.56. The highest BCUT2D eigenvalue weighted by Crippen LogP contribution is 2.27. The lowest BCUT2D eigenvalue weighted by Gasteiger charge is -2.21. The van der Waals surface area contributed by atoms with E-state index in [9.17, 15) is 4.79 Å². The number of nitrogens with one attached hydrogen (secondary N) is 2. The Morgan fingerprint density at radius 1 is 1.52 bits per heavy atom. The molecule has 2 aromatic heterocycles. The van der Waals surface area contributed by atoms with Crippen molar-refractivity contribution in [3.8, 4) is 0 Å². The van der Waals surface area contributed by atoms with E-state index in [1.807, 2.05) is 13.1 Å². The number of piperidine rings is 1. The molecule has 0 aliphatic carbocycles. The molecular weight excluding hydrogens is 314 g/mol. The quantitative estimate of drug-likeness (QED) is 0.806. The number of thioether (sulfide) groups is 1. The molecule has 0 bridgehead atoms. The summed E-state index contributed by atoms with van der Waals surface area (Å²) in [5.41, 5.74) is 0. The van der Waals surface area contributed by atoms with E-state index < -0.39 is 0 Å². The highest BCUT2D eigenvalue weighted by molar-refractivity contribution is 7.98. The van der Waals surface area contributed by atoms with E-state index in [2.05, 4.69) is 25.4 Å². The number of hydrogen-bond donors (Lipinski definition) is 2. The molecule has 2 aromatic rings. The summed E-state index contributed by atoms with van der Waals surface area (Å²) in [7, 11) is 3.59. The minimum atomic E-state index is -0.216. The summed E-state index contributed by atoms with van der Waals surface area (Å²) in [6.45, 7) is 2.05. The van der Waals surface area contributed by atoms with Gasteiger partial charge in [-0.15, -0.1) is 10.2 Å². The summed E-state index contributed by atoms with van der Waals surface area (Å²) < 4.78 is 7.58. The van der Waals surface area contributed by atoms with Crippen LogP contribution in [0, 0.1) is 0 Å². The number of nitrogens with zero attached hydrogens (tertiary/aromatic N) is 3. The Kier molecular flexibility index (Phi) is 5.02. The van der Waals surface area contributed by atoms with Crippen LogP contribution in [0.3, 0.4) is 0 Å². The molecular formula is C15H21N5O2S. The second-order valence-electron chi connectivity index (χ2n) is 5.58. The maximum atomic E-state index is 11.5. The van der Waals surface area contributed by atoms with E-state index in [4.69, 9.17) is 4.42 Å². The zero-order valence-electron chi connectivity index (χ0n) is 13.3. The highest BCUT2D eigenvalue weighted by atomic mass is 32.2. The normalized spacial score (nSPS) is 18.1. The number of carbonyl (C=O) groups excluding carboxylic acids is 1. The number of amides is 1. The van der Waals surface area contributed by atoms with E-state index >= 15 is 0 Å². The first kappa shape index (κ1) is 16.1. The van der Waals surface area contributed by atoms with Crippen molar-refractivity contribution in [1.29, 1.82) is 0 Å². The van der Waals surface area contributed by atoms with Gasteiger partial charge in [-0.05, 0) is 31.5 Å². The molecule has 1 unspecified atom stereocenters. The van der Waals surface area contributed by atoms with Crippen LogP contribution < -0.4 is 10.6 Å². The van der Waals surface area contributed by atoms with Crippen molar-refractivity contribution in [2.24, 2.45) is 7.05 Å². The van der Waals surface area contributed by atoms with Gasteiger partial charge in [-0.25, -0.2) is 0 Å². The molecule has 1 fully saturated rings. The second kappa shape index (κ2) is 7.18. The topological polar surface area (TPSA) is 85.0 Å². The molecule has 8 heteroatoms. The van der Waals surface area contributed by atoms with Crippen molar-refractivity contribution in [3.63, 3.8) is 0 Å². The third-order valence-electron chi connectivity index (χ3n) is 3.99. The second-order valence-corrected chi connectivity index (χ2v) is 6.52. The zero-order chi connectivity index (χ0) is 16.2. The van der Waals surface area contributed by atoms with Gasteiger partial charge in [-0.2, -0.15) is 0 Å². The number of carbonyl (C=O) groups is 1. The van der Waals surface area contributed by atoms with Crippen molar-refractivity contribution in [2.75, 3.05) is 20.1 Å². The monoisotopic (exact) mass is 335 g/mol. The van der Waals surface area contributed by atoms with Gasteiger partial charge in [-0.3, -0.25) is 4.79 Å². The van der Waals surface area contributed by atoms with Crippen LogP contribution in [-0.2, 0) is 12.8 Å². The van der Waals surface area contributed by atoms with Gasteiger partial charge in [0.25, 0.3) is 5.91 Å². The fourth-order valence-electron chi connectivity index (χ4n) is 2.72. The molecule has 1 aliphatic rings. The molecule has 7 nitrogen and oxygen atoms in total. The van der Waals surface area contributed by atoms with E-state index in [-0.39, 0.29) is 5.91 Å². The van der Waals surface area contributed by atoms with Gasteiger partial charge in [0.05, 0.1) is 5.75 Å². The van der Waals surface area contributed by atoms with Crippen molar-refractivity contribution in [1.82, 2.24) is 25.4 Å². The van der Waals surface area contributed by atoms with Gasteiger partial charge >= 0.3 is 0 Å². The Labute approximate surface area is 139 Å². The molecule has 2 N–H and O–H groups in total. The molecule has 1 amide bonds. The van der Waals surface area contributed by atoms with Crippen LogP contribution in [0.1, 0.15) is 40.9 Å². The molecule has 3 rings (SSSR count). The number of hydrogen-bond acceptors (Lipinski definition) is 6. The summed E-state index contributed by atoms with van der Waals surface area (Å²) in [4.78, 5) is 11.5. The van der Waals surface area contributed by atoms with E-state index in [0.717, 1.165) is 36.3 Å². The van der Waals surface area contributed by atoms with Gasteiger partial charge in [0, 0.05) is 26.6 Å². The van der Waals surface area contributed by atoms with Crippen LogP contribution >= 0.6 is 11.8 Å². The first-order chi connectivity index (χ1) is 11.2. The smallest absolute Gasteiger partial charge is 0.286 e. The van der Waals surface area contributed by atoms with Gasteiger partial charge in [0.15, 0.2) is 10.9 Å². The Bertz CT molecular complexity index is 675. The minimum Gasteiger partial charge on any atom is -0.455 e. The molecule has 0 aromatic carbocycles. The van der Waals surface area contributed by atoms with E-state index in [1.54, 1.807) is 24.9 Å². The summed E-state index contributed by atoms with van der Waals surface area (Å²) in [6, 6.07) is 3.50. The van der Waals surface area contributed by atoms with Crippen LogP contribution in [0.25, 0.3) is 0 Å². The fraction of sp³-hybridized carbons (Fsp3) is 0.533. The molecule has 0 radical (unpaired) electrons. The van der Waals surface area contributed by atoms with E-state index in [1.165, 1.54) is 6.42 Å². The predicted molar refractivity (Wildman–Crippen MR) is 87.5 cm³/mol. The molecule has 3 heterocycles. The predicted octanol–water partition coefficient (Wildman–Crippen LogP) is 1.53. The average Bonchev–Trinajstić information content (AvgIpc) is 3.20. The number of aromatic nitrogens is 3. The van der Waals surface area contributed by atoms with Crippen LogP contribution in [0.5, 0.6) is 0 Å². The molecule has 23 heavy (non-hydrogen) atoms. The Morgan fingerprint density at radius 2 is 2.39 bits per heavy atom. The van der Waals surface area contributed by atoms with Crippen LogP contribution in [-0.4, -0.2) is 40.8 Å². The van der Waals surface area contributed by atoms with Gasteiger partial charge in [-0.1, -0.05) is 11.8 Å². The lowest BCUT2D eigenvalue weighted by Crippen LogP contribution is -2.29. The molecule has 0 saturated carbocycles. The minimum absolute atomic E-state index is 0.216. The third-order valence-corrected chi connectivity index (χ3v) is 5.03. The lowest BCUT2D eigenvalue weighted by atomic mass is 9.99. The fourth-order valence-corrected chi connectivity index (χ4v) is 3.53. The average molecular weight is 335 g/mol. The van der Waals surface area contributed by atoms with E-state index in [0.29, 0.717) is 17.4 Å². The summed E-state index contributed by atoms with van der Waals surface area (Å²) in [5, 5.41) is 15.5. The zero-order valence-corrected chi connectivity index (χ0v) is 14.2. The first-order valence-corrected chi connectivity index (χ1v) is 8.71. The van der Waals surface area contributed by atoms with Crippen molar-refractivity contribution in [3.05, 3.63) is 29.5 Å². The van der Waals surface area contributed by atoms with Crippen LogP contribution in [0.4, 0.5) is 0 Å². The highest BCUT2D eigenvalue weighted by Gasteiger charge is 2.22. The van der Waals surface area contributed by atoms with Crippen molar-refractivity contribution < 1.29 is 9.21 Å². The number of rotatable bonds is 5. The Hall–Kier alpha value is -1.80. The SMILES string of the molecule is CNC(=O)c1ccc(CSc2nnc(C3CCCNC3)n2C)o1. The molecule has 1 saturated heterocycles. The Balaban J connectivity index is 1.63. The molecule has 1 aliphatic heterocycles. The third kappa shape index (κ3) is 3.59.